The lowest BCUT2D eigenvalue weighted by Crippen LogP contribution is -2.43. The number of carbonyl (C=O) groups is 1. The van der Waals surface area contributed by atoms with Crippen LogP contribution in [-0.2, 0) is 16.0 Å². The summed E-state index contributed by atoms with van der Waals surface area (Å²) in [4.78, 5) is 14.2. The number of esters is 1. The first-order valence-corrected chi connectivity index (χ1v) is 12.1. The third-order valence-corrected chi connectivity index (χ3v) is 6.37. The van der Waals surface area contributed by atoms with E-state index in [4.69, 9.17) is 13.9 Å². The van der Waals surface area contributed by atoms with Crippen molar-refractivity contribution in [2.45, 2.75) is 70.9 Å². The van der Waals surface area contributed by atoms with Gasteiger partial charge < -0.3 is 13.9 Å². The van der Waals surface area contributed by atoms with Crippen molar-refractivity contribution < 1.29 is 18.7 Å². The highest BCUT2D eigenvalue weighted by molar-refractivity contribution is 7.15. The fourth-order valence-corrected chi connectivity index (χ4v) is 5.12. The highest BCUT2D eigenvalue weighted by atomic mass is 32.1. The molecule has 1 unspecified atom stereocenters. The maximum Gasteiger partial charge on any atom is 0.330 e. The van der Waals surface area contributed by atoms with E-state index in [0.29, 0.717) is 6.42 Å². The lowest BCUT2D eigenvalue weighted by Gasteiger charge is -2.35. The van der Waals surface area contributed by atoms with Gasteiger partial charge in [-0.2, -0.15) is 0 Å². The number of hydrogen-bond acceptors (Lipinski definition) is 5. The van der Waals surface area contributed by atoms with E-state index < -0.39 is 17.1 Å². The highest BCUT2D eigenvalue weighted by Gasteiger charge is 2.33. The normalized spacial score (nSPS) is 13.6. The Balaban J connectivity index is 1.72. The fraction of sp³-hybridized carbons (Fsp3) is 0.423. The average molecular weight is 452 g/mol. The summed E-state index contributed by atoms with van der Waals surface area (Å²) < 4.78 is 17.9. The summed E-state index contributed by atoms with van der Waals surface area (Å²) in [5, 5.41) is 1.05. The molecule has 1 aromatic carbocycles. The molecule has 0 aliphatic rings. The molecule has 2 heterocycles. The predicted octanol–water partition coefficient (Wildman–Crippen LogP) is 6.52. The SMILES string of the molecule is BC(C)(CC(C)(C)OC(=O)C=C)Oc1ccc2cc(-c3ccc(CCCCC)s3)oc2c1. The molecular weight excluding hydrogens is 419 g/mol. The van der Waals surface area contributed by atoms with E-state index in [2.05, 4.69) is 31.7 Å². The first kappa shape index (κ1) is 24.2. The van der Waals surface area contributed by atoms with Crippen molar-refractivity contribution in [2.75, 3.05) is 0 Å². The monoisotopic (exact) mass is 452 g/mol. The van der Waals surface area contributed by atoms with Gasteiger partial charge >= 0.3 is 5.97 Å². The molecule has 0 saturated carbocycles. The van der Waals surface area contributed by atoms with Gasteiger partial charge in [-0.05, 0) is 63.9 Å². The number of rotatable bonds is 11. The number of hydrogen-bond donors (Lipinski definition) is 0. The summed E-state index contributed by atoms with van der Waals surface area (Å²) in [5.74, 6) is 1.18. The van der Waals surface area contributed by atoms with Crippen LogP contribution in [0.25, 0.3) is 21.6 Å². The Morgan fingerprint density at radius 2 is 1.97 bits per heavy atom. The van der Waals surface area contributed by atoms with Gasteiger partial charge in [0.2, 0.25) is 0 Å². The zero-order valence-electron chi connectivity index (χ0n) is 19.8. The average Bonchev–Trinajstić information content (AvgIpc) is 3.32. The van der Waals surface area contributed by atoms with Crippen LogP contribution in [-0.4, -0.2) is 24.9 Å². The number of benzene rings is 1. The topological polar surface area (TPSA) is 48.7 Å². The molecule has 3 rings (SSSR count). The van der Waals surface area contributed by atoms with Gasteiger partial charge in [0.1, 0.15) is 22.7 Å². The summed E-state index contributed by atoms with van der Waals surface area (Å²) in [5.41, 5.74) is -0.425. The van der Waals surface area contributed by atoms with Crippen molar-refractivity contribution >= 4 is 36.1 Å². The summed E-state index contributed by atoms with van der Waals surface area (Å²) >= 11 is 1.81. The Morgan fingerprint density at radius 3 is 2.69 bits per heavy atom. The second kappa shape index (κ2) is 9.99. The molecule has 170 valence electrons. The standard InChI is InChI=1S/C26H33BO4S/c1-6-8-9-10-20-13-14-23(32-20)22-15-18-11-12-19(16-21(18)29-22)30-26(5,27)17-25(3,4)31-24(28)7-2/h7,11-16H,2,6,8-10,17,27H2,1,3-5H3. The van der Waals surface area contributed by atoms with Gasteiger partial charge in [-0.3, -0.25) is 0 Å². The van der Waals surface area contributed by atoms with E-state index in [-0.39, 0.29) is 0 Å². The Labute approximate surface area is 196 Å². The van der Waals surface area contributed by atoms with Crippen LogP contribution >= 0.6 is 11.3 Å². The van der Waals surface area contributed by atoms with Crippen LogP contribution in [0.2, 0.25) is 0 Å². The molecule has 0 bridgehead atoms. The molecule has 0 fully saturated rings. The van der Waals surface area contributed by atoms with Crippen LogP contribution < -0.4 is 4.74 Å². The van der Waals surface area contributed by atoms with Gasteiger partial charge in [-0.15, -0.1) is 11.3 Å². The van der Waals surface area contributed by atoms with E-state index in [1.54, 1.807) is 11.3 Å². The molecule has 2 aromatic heterocycles. The lowest BCUT2D eigenvalue weighted by atomic mass is 9.75. The minimum Gasteiger partial charge on any atom is -0.497 e. The highest BCUT2D eigenvalue weighted by Crippen LogP contribution is 2.35. The van der Waals surface area contributed by atoms with Crippen molar-refractivity contribution in [3.8, 4) is 16.4 Å². The maximum atomic E-state index is 11.6. The van der Waals surface area contributed by atoms with Gasteiger partial charge in [-0.1, -0.05) is 26.3 Å². The van der Waals surface area contributed by atoms with Crippen LogP contribution in [0.1, 0.15) is 58.3 Å². The Morgan fingerprint density at radius 1 is 1.19 bits per heavy atom. The first-order valence-electron chi connectivity index (χ1n) is 11.3. The minimum atomic E-state index is -0.676. The fourth-order valence-electron chi connectivity index (χ4n) is 4.12. The molecule has 6 heteroatoms. The predicted molar refractivity (Wildman–Crippen MR) is 135 cm³/mol. The van der Waals surface area contributed by atoms with Gasteiger partial charge in [0.15, 0.2) is 7.85 Å². The number of thiophene rings is 1. The molecule has 0 N–H and O–H groups in total. The minimum absolute atomic E-state index is 0.433. The Kier molecular flexibility index (Phi) is 7.55. The molecule has 4 nitrogen and oxygen atoms in total. The number of carbonyl (C=O) groups excluding carboxylic acids is 1. The number of aryl methyl sites for hydroxylation is 1. The number of unbranched alkanes of at least 4 members (excludes halogenated alkanes) is 2. The van der Waals surface area contributed by atoms with Crippen molar-refractivity contribution in [1.29, 1.82) is 0 Å². The molecule has 0 aliphatic heterocycles. The van der Waals surface area contributed by atoms with Crippen molar-refractivity contribution in [1.82, 2.24) is 0 Å². The van der Waals surface area contributed by atoms with Crippen molar-refractivity contribution in [3.63, 3.8) is 0 Å². The molecule has 0 amide bonds. The van der Waals surface area contributed by atoms with Crippen LogP contribution in [0.5, 0.6) is 5.75 Å². The first-order chi connectivity index (χ1) is 15.1. The summed E-state index contributed by atoms with van der Waals surface area (Å²) in [6.07, 6.45) is 6.57. The van der Waals surface area contributed by atoms with Gasteiger partial charge in [0, 0.05) is 28.8 Å². The number of ether oxygens (including phenoxy) is 2. The van der Waals surface area contributed by atoms with Gasteiger partial charge in [-0.25, -0.2) is 4.79 Å². The van der Waals surface area contributed by atoms with E-state index in [9.17, 15) is 4.79 Å². The van der Waals surface area contributed by atoms with Crippen LogP contribution in [0.15, 0.2) is 53.5 Å². The second-order valence-corrected chi connectivity index (χ2v) is 10.6. The Hall–Kier alpha value is -2.47. The number of fused-ring (bicyclic) bond motifs is 1. The molecule has 3 aromatic rings. The largest absolute Gasteiger partial charge is 0.497 e. The zero-order chi connectivity index (χ0) is 23.4. The maximum absolute atomic E-state index is 11.6. The van der Waals surface area contributed by atoms with E-state index in [1.165, 1.54) is 30.2 Å². The quantitative estimate of drug-likeness (QED) is 0.144. The summed E-state index contributed by atoms with van der Waals surface area (Å²) in [7, 11) is 1.99. The van der Waals surface area contributed by atoms with Gasteiger partial charge in [0.25, 0.3) is 0 Å². The molecule has 1 atom stereocenters. The van der Waals surface area contributed by atoms with Crippen LogP contribution in [0, 0.1) is 0 Å². The molecule has 32 heavy (non-hydrogen) atoms. The van der Waals surface area contributed by atoms with Crippen molar-refractivity contribution in [3.05, 3.63) is 53.9 Å². The van der Waals surface area contributed by atoms with Crippen molar-refractivity contribution in [2.24, 2.45) is 0 Å². The molecule has 0 spiro atoms. The lowest BCUT2D eigenvalue weighted by molar-refractivity contribution is -0.152. The Bertz CT molecular complexity index is 1080. The van der Waals surface area contributed by atoms with Crippen LogP contribution in [0.3, 0.4) is 0 Å². The number of furan rings is 1. The van der Waals surface area contributed by atoms with Crippen LogP contribution in [0.4, 0.5) is 0 Å². The zero-order valence-corrected chi connectivity index (χ0v) is 20.6. The molecule has 0 saturated heterocycles. The van der Waals surface area contributed by atoms with E-state index in [0.717, 1.165) is 33.8 Å². The van der Waals surface area contributed by atoms with E-state index >= 15 is 0 Å². The second-order valence-electron chi connectivity index (χ2n) is 9.46. The molecular formula is C26H33BO4S. The van der Waals surface area contributed by atoms with E-state index in [1.807, 2.05) is 46.8 Å². The van der Waals surface area contributed by atoms with Gasteiger partial charge in [0.05, 0.1) is 10.4 Å². The molecule has 0 aliphatic carbocycles. The molecule has 0 radical (unpaired) electrons. The third kappa shape index (κ3) is 6.52. The third-order valence-electron chi connectivity index (χ3n) is 5.21. The summed E-state index contributed by atoms with van der Waals surface area (Å²) in [6, 6.07) is 12.4. The smallest absolute Gasteiger partial charge is 0.330 e. The summed E-state index contributed by atoms with van der Waals surface area (Å²) in [6.45, 7) is 11.4.